The molecule has 0 saturated carbocycles. The zero-order chi connectivity index (χ0) is 13.7. The first-order valence-electron chi connectivity index (χ1n) is 7.43. The number of carbonyl (C=O) groups excluding carboxylic acids is 1. The number of urea groups is 1. The molecule has 2 aliphatic heterocycles. The number of carbonyl (C=O) groups is 1. The zero-order valence-corrected chi connectivity index (χ0v) is 12.2. The van der Waals surface area contributed by atoms with Gasteiger partial charge >= 0.3 is 6.03 Å². The van der Waals surface area contributed by atoms with Crippen LogP contribution in [-0.2, 0) is 4.74 Å². The van der Waals surface area contributed by atoms with Gasteiger partial charge in [-0.15, -0.1) is 0 Å². The summed E-state index contributed by atoms with van der Waals surface area (Å²) in [6.45, 7) is 4.64. The fourth-order valence-corrected chi connectivity index (χ4v) is 2.85. The van der Waals surface area contributed by atoms with E-state index < -0.39 is 0 Å². The molecule has 2 rings (SSSR count). The molecule has 2 saturated heterocycles. The predicted molar refractivity (Wildman–Crippen MR) is 75.2 cm³/mol. The summed E-state index contributed by atoms with van der Waals surface area (Å²) in [4.78, 5) is 16.4. The minimum Gasteiger partial charge on any atom is -0.381 e. The van der Waals surface area contributed by atoms with E-state index in [1.807, 2.05) is 11.9 Å². The number of amides is 2. The monoisotopic (exact) mass is 269 g/mol. The van der Waals surface area contributed by atoms with Crippen LogP contribution in [0.1, 0.15) is 25.7 Å². The normalized spacial score (nSPS) is 23.3. The van der Waals surface area contributed by atoms with Crippen molar-refractivity contribution in [1.29, 1.82) is 0 Å². The van der Waals surface area contributed by atoms with Crippen LogP contribution in [0.4, 0.5) is 4.79 Å². The van der Waals surface area contributed by atoms with E-state index in [4.69, 9.17) is 4.74 Å². The Bertz CT molecular complexity index is 284. The number of likely N-dealkylation sites (tertiary alicyclic amines) is 1. The first-order valence-corrected chi connectivity index (χ1v) is 7.43. The topological polar surface area (TPSA) is 44.8 Å². The number of piperidine rings is 1. The molecule has 5 nitrogen and oxygen atoms in total. The molecule has 0 aromatic rings. The van der Waals surface area contributed by atoms with E-state index in [9.17, 15) is 4.79 Å². The Labute approximate surface area is 116 Å². The smallest absolute Gasteiger partial charge is 0.317 e. The van der Waals surface area contributed by atoms with Crippen LogP contribution in [0.5, 0.6) is 0 Å². The van der Waals surface area contributed by atoms with Gasteiger partial charge in [0.1, 0.15) is 0 Å². The molecule has 0 aromatic carbocycles. The molecule has 0 radical (unpaired) electrons. The van der Waals surface area contributed by atoms with Gasteiger partial charge in [-0.3, -0.25) is 0 Å². The van der Waals surface area contributed by atoms with Gasteiger partial charge in [-0.1, -0.05) is 0 Å². The fourth-order valence-electron chi connectivity index (χ4n) is 2.85. The summed E-state index contributed by atoms with van der Waals surface area (Å²) in [7, 11) is 4.07. The molecule has 0 atom stereocenters. The molecule has 0 unspecified atom stereocenters. The highest BCUT2D eigenvalue weighted by Gasteiger charge is 2.24. The number of nitrogens with one attached hydrogen (secondary N) is 1. The minimum atomic E-state index is 0.0843. The van der Waals surface area contributed by atoms with Gasteiger partial charge in [-0.25, -0.2) is 4.79 Å². The first kappa shape index (κ1) is 14.6. The highest BCUT2D eigenvalue weighted by atomic mass is 16.5. The largest absolute Gasteiger partial charge is 0.381 e. The van der Waals surface area contributed by atoms with E-state index in [0.717, 1.165) is 58.5 Å². The van der Waals surface area contributed by atoms with E-state index in [1.165, 1.54) is 0 Å². The SMILES string of the molecule is CN1CCC(N(C)C(=O)NCC2CCOCC2)CC1. The van der Waals surface area contributed by atoms with Crippen LogP contribution in [0.2, 0.25) is 0 Å². The lowest BCUT2D eigenvalue weighted by molar-refractivity contribution is 0.0660. The third-order valence-corrected chi connectivity index (χ3v) is 4.44. The Kier molecular flexibility index (Phi) is 5.45. The van der Waals surface area contributed by atoms with Gasteiger partial charge in [0.25, 0.3) is 0 Å². The Hall–Kier alpha value is -0.810. The molecule has 2 fully saturated rings. The molecule has 0 bridgehead atoms. The molecular formula is C14H27N3O2. The van der Waals surface area contributed by atoms with Gasteiger partial charge in [0.2, 0.25) is 0 Å². The molecule has 1 N–H and O–H groups in total. The average Bonchev–Trinajstić information content (AvgIpc) is 2.46. The van der Waals surface area contributed by atoms with E-state index in [0.29, 0.717) is 12.0 Å². The fraction of sp³-hybridized carbons (Fsp3) is 0.929. The molecule has 5 heteroatoms. The summed E-state index contributed by atoms with van der Waals surface area (Å²) in [5, 5.41) is 3.08. The number of rotatable bonds is 3. The van der Waals surface area contributed by atoms with Crippen molar-refractivity contribution in [2.45, 2.75) is 31.7 Å². The number of hydrogen-bond acceptors (Lipinski definition) is 3. The van der Waals surface area contributed by atoms with Crippen molar-refractivity contribution in [1.82, 2.24) is 15.1 Å². The van der Waals surface area contributed by atoms with Gasteiger partial charge in [-0.2, -0.15) is 0 Å². The van der Waals surface area contributed by atoms with Gasteiger partial charge in [0, 0.05) is 32.8 Å². The number of ether oxygens (including phenoxy) is 1. The zero-order valence-electron chi connectivity index (χ0n) is 12.2. The van der Waals surface area contributed by atoms with Crippen molar-refractivity contribution in [3.05, 3.63) is 0 Å². The van der Waals surface area contributed by atoms with Crippen LogP contribution in [0.25, 0.3) is 0 Å². The minimum absolute atomic E-state index is 0.0843. The Morgan fingerprint density at radius 2 is 1.89 bits per heavy atom. The van der Waals surface area contributed by atoms with Gasteiger partial charge in [0.15, 0.2) is 0 Å². The molecular weight excluding hydrogens is 242 g/mol. The lowest BCUT2D eigenvalue weighted by Gasteiger charge is -2.35. The van der Waals surface area contributed by atoms with Crippen LogP contribution in [0.3, 0.4) is 0 Å². The van der Waals surface area contributed by atoms with E-state index in [1.54, 1.807) is 0 Å². The number of nitrogens with zero attached hydrogens (tertiary/aromatic N) is 2. The third kappa shape index (κ3) is 4.35. The van der Waals surface area contributed by atoms with Crippen molar-refractivity contribution in [2.24, 2.45) is 5.92 Å². The van der Waals surface area contributed by atoms with E-state index in [-0.39, 0.29) is 6.03 Å². The Balaban J connectivity index is 1.69. The summed E-state index contributed by atoms with van der Waals surface area (Å²) < 4.78 is 5.33. The second-order valence-corrected chi connectivity index (χ2v) is 5.89. The second kappa shape index (κ2) is 7.10. The lowest BCUT2D eigenvalue weighted by atomic mass is 10.0. The standard InChI is InChI=1S/C14H27N3O2/c1-16-7-3-13(4-8-16)17(2)14(18)15-11-12-5-9-19-10-6-12/h12-13H,3-11H2,1-2H3,(H,15,18). The molecule has 2 aliphatic rings. The van der Waals surface area contributed by atoms with Crippen molar-refractivity contribution in [3.8, 4) is 0 Å². The van der Waals surface area contributed by atoms with Crippen molar-refractivity contribution >= 4 is 6.03 Å². The first-order chi connectivity index (χ1) is 9.16. The summed E-state index contributed by atoms with van der Waals surface area (Å²) in [6.07, 6.45) is 4.30. The van der Waals surface area contributed by atoms with Crippen LogP contribution < -0.4 is 5.32 Å². The van der Waals surface area contributed by atoms with Crippen molar-refractivity contribution in [2.75, 3.05) is 46.9 Å². The third-order valence-electron chi connectivity index (χ3n) is 4.44. The molecule has 19 heavy (non-hydrogen) atoms. The van der Waals surface area contributed by atoms with E-state index in [2.05, 4.69) is 17.3 Å². The Morgan fingerprint density at radius 3 is 2.53 bits per heavy atom. The van der Waals surface area contributed by atoms with Crippen LogP contribution in [0.15, 0.2) is 0 Å². The molecule has 2 heterocycles. The maximum absolute atomic E-state index is 12.1. The van der Waals surface area contributed by atoms with Crippen LogP contribution in [-0.4, -0.2) is 68.8 Å². The highest BCUT2D eigenvalue weighted by molar-refractivity contribution is 5.74. The number of hydrogen-bond donors (Lipinski definition) is 1. The van der Waals surface area contributed by atoms with Gasteiger partial charge in [-0.05, 0) is 51.7 Å². The quantitative estimate of drug-likeness (QED) is 0.836. The summed E-state index contributed by atoms with van der Waals surface area (Å²) >= 11 is 0. The maximum Gasteiger partial charge on any atom is 0.317 e. The van der Waals surface area contributed by atoms with Crippen LogP contribution >= 0.6 is 0 Å². The summed E-state index contributed by atoms with van der Waals surface area (Å²) in [5.41, 5.74) is 0. The predicted octanol–water partition coefficient (Wildman–Crippen LogP) is 1.15. The molecule has 0 aromatic heterocycles. The average molecular weight is 269 g/mol. The van der Waals surface area contributed by atoms with Crippen molar-refractivity contribution in [3.63, 3.8) is 0 Å². The second-order valence-electron chi connectivity index (χ2n) is 5.89. The Morgan fingerprint density at radius 1 is 1.26 bits per heavy atom. The van der Waals surface area contributed by atoms with Crippen LogP contribution in [0, 0.1) is 5.92 Å². The lowest BCUT2D eigenvalue weighted by Crippen LogP contribution is -2.49. The highest BCUT2D eigenvalue weighted by Crippen LogP contribution is 2.15. The van der Waals surface area contributed by atoms with E-state index >= 15 is 0 Å². The van der Waals surface area contributed by atoms with Gasteiger partial charge in [0.05, 0.1) is 0 Å². The molecule has 110 valence electrons. The molecule has 0 spiro atoms. The summed E-state index contributed by atoms with van der Waals surface area (Å²) in [5.74, 6) is 0.587. The van der Waals surface area contributed by atoms with Crippen molar-refractivity contribution < 1.29 is 9.53 Å². The molecule has 0 aliphatic carbocycles. The molecule has 2 amide bonds. The summed E-state index contributed by atoms with van der Waals surface area (Å²) in [6, 6.07) is 0.479. The maximum atomic E-state index is 12.1. The van der Waals surface area contributed by atoms with Gasteiger partial charge < -0.3 is 19.9 Å².